The first-order valence-electron chi connectivity index (χ1n) is 8.51. The first kappa shape index (κ1) is 17.0. The van der Waals surface area contributed by atoms with Crippen LogP contribution in [0.4, 0.5) is 0 Å². The van der Waals surface area contributed by atoms with Crippen molar-refractivity contribution >= 4 is 0 Å². The maximum Gasteiger partial charge on any atom is 0.0246 e. The Balaban J connectivity index is 2.66. The van der Waals surface area contributed by atoms with Crippen molar-refractivity contribution in [2.75, 3.05) is 19.6 Å². The molecule has 1 N–H and O–H groups in total. The molecule has 1 heterocycles. The maximum atomic E-state index is 3.73. The zero-order valence-electron chi connectivity index (χ0n) is 14.0. The predicted octanol–water partition coefficient (Wildman–Crippen LogP) is 4.06. The molecule has 0 radical (unpaired) electrons. The van der Waals surface area contributed by atoms with E-state index in [1.807, 2.05) is 0 Å². The topological polar surface area (TPSA) is 15.3 Å². The monoisotopic (exact) mass is 268 g/mol. The largest absolute Gasteiger partial charge is 0.313 e. The van der Waals surface area contributed by atoms with Gasteiger partial charge in [-0.3, -0.25) is 4.90 Å². The lowest BCUT2D eigenvalue weighted by Gasteiger charge is -2.37. The zero-order valence-corrected chi connectivity index (χ0v) is 14.0. The highest BCUT2D eigenvalue weighted by atomic mass is 15.2. The number of likely N-dealkylation sites (tertiary alicyclic amines) is 1. The molecule has 0 aromatic rings. The molecule has 1 fully saturated rings. The van der Waals surface area contributed by atoms with E-state index in [1.165, 1.54) is 51.6 Å². The van der Waals surface area contributed by atoms with Crippen LogP contribution in [-0.4, -0.2) is 36.6 Å². The van der Waals surface area contributed by atoms with E-state index < -0.39 is 0 Å². The van der Waals surface area contributed by atoms with Gasteiger partial charge < -0.3 is 5.32 Å². The fourth-order valence-corrected chi connectivity index (χ4v) is 3.58. The number of nitrogens with one attached hydrogen (secondary N) is 1. The maximum absolute atomic E-state index is 3.73. The van der Waals surface area contributed by atoms with Crippen molar-refractivity contribution < 1.29 is 0 Å². The van der Waals surface area contributed by atoms with Gasteiger partial charge >= 0.3 is 0 Å². The molecule has 19 heavy (non-hydrogen) atoms. The van der Waals surface area contributed by atoms with Crippen LogP contribution in [0.1, 0.15) is 73.1 Å². The second-order valence-electron chi connectivity index (χ2n) is 6.98. The number of hydrogen-bond donors (Lipinski definition) is 1. The molecule has 0 aliphatic carbocycles. The Labute approximate surface area is 121 Å². The highest BCUT2D eigenvalue weighted by Gasteiger charge is 2.29. The lowest BCUT2D eigenvalue weighted by Crippen LogP contribution is -2.50. The summed E-state index contributed by atoms with van der Waals surface area (Å²) >= 11 is 0. The van der Waals surface area contributed by atoms with Gasteiger partial charge in [0.1, 0.15) is 0 Å². The molecule has 1 aliphatic rings. The second kappa shape index (κ2) is 8.26. The average Bonchev–Trinajstić information content (AvgIpc) is 2.53. The van der Waals surface area contributed by atoms with Crippen LogP contribution in [0.3, 0.4) is 0 Å². The van der Waals surface area contributed by atoms with E-state index in [-0.39, 0.29) is 0 Å². The van der Waals surface area contributed by atoms with Crippen LogP contribution in [0, 0.1) is 5.41 Å². The molecule has 0 saturated carbocycles. The minimum absolute atomic E-state index is 0.547. The number of hydrogen-bond acceptors (Lipinski definition) is 2. The van der Waals surface area contributed by atoms with Crippen LogP contribution < -0.4 is 5.32 Å². The van der Waals surface area contributed by atoms with E-state index in [4.69, 9.17) is 0 Å². The molecule has 114 valence electrons. The fourth-order valence-electron chi connectivity index (χ4n) is 3.58. The van der Waals surface area contributed by atoms with Gasteiger partial charge in [0.2, 0.25) is 0 Å². The summed E-state index contributed by atoms with van der Waals surface area (Å²) in [5.41, 5.74) is 0.547. The molecule has 0 amide bonds. The molecular formula is C17H36N2. The van der Waals surface area contributed by atoms with E-state index in [0.717, 1.165) is 12.6 Å². The molecule has 0 spiro atoms. The normalized spacial score (nSPS) is 23.8. The van der Waals surface area contributed by atoms with E-state index in [9.17, 15) is 0 Å². The van der Waals surface area contributed by atoms with Crippen molar-refractivity contribution in [2.45, 2.75) is 85.2 Å². The third kappa shape index (κ3) is 5.43. The van der Waals surface area contributed by atoms with Gasteiger partial charge in [-0.1, -0.05) is 41.0 Å². The molecule has 0 aromatic carbocycles. The van der Waals surface area contributed by atoms with Gasteiger partial charge in [0.05, 0.1) is 0 Å². The van der Waals surface area contributed by atoms with E-state index >= 15 is 0 Å². The van der Waals surface area contributed by atoms with Crippen LogP contribution in [0.2, 0.25) is 0 Å². The van der Waals surface area contributed by atoms with Crippen LogP contribution in [0.5, 0.6) is 0 Å². The molecule has 0 bridgehead atoms. The molecular weight excluding hydrogens is 232 g/mol. The van der Waals surface area contributed by atoms with Crippen LogP contribution in [0.25, 0.3) is 0 Å². The summed E-state index contributed by atoms with van der Waals surface area (Å²) in [4.78, 5) is 2.78. The summed E-state index contributed by atoms with van der Waals surface area (Å²) < 4.78 is 0. The first-order chi connectivity index (χ1) is 9.04. The van der Waals surface area contributed by atoms with Gasteiger partial charge in [-0.25, -0.2) is 0 Å². The van der Waals surface area contributed by atoms with Crippen molar-refractivity contribution in [3.63, 3.8) is 0 Å². The van der Waals surface area contributed by atoms with Crippen molar-refractivity contribution in [1.82, 2.24) is 10.2 Å². The molecule has 2 atom stereocenters. The zero-order chi connectivity index (χ0) is 14.3. The average molecular weight is 268 g/mol. The van der Waals surface area contributed by atoms with Gasteiger partial charge in [-0.2, -0.15) is 0 Å². The van der Waals surface area contributed by atoms with Crippen LogP contribution in [-0.2, 0) is 0 Å². The highest BCUT2D eigenvalue weighted by Crippen LogP contribution is 2.31. The molecule has 1 aliphatic heterocycles. The number of rotatable bonds is 7. The molecule has 2 heteroatoms. The van der Waals surface area contributed by atoms with Crippen LogP contribution >= 0.6 is 0 Å². The molecule has 2 unspecified atom stereocenters. The van der Waals surface area contributed by atoms with Crippen molar-refractivity contribution in [2.24, 2.45) is 5.41 Å². The van der Waals surface area contributed by atoms with E-state index in [2.05, 4.69) is 44.8 Å². The quantitative estimate of drug-likeness (QED) is 0.749. The van der Waals surface area contributed by atoms with Gasteiger partial charge in [-0.15, -0.1) is 0 Å². The Bertz CT molecular complexity index is 231. The summed E-state index contributed by atoms with van der Waals surface area (Å²) in [6.07, 6.45) is 7.99. The first-order valence-corrected chi connectivity index (χ1v) is 8.51. The SMILES string of the molecule is CCCC(NCC)C(CC)N1CCCC(C)(C)CC1. The Morgan fingerprint density at radius 2 is 1.84 bits per heavy atom. The fraction of sp³-hybridized carbons (Fsp3) is 1.00. The lowest BCUT2D eigenvalue weighted by atomic mass is 9.85. The van der Waals surface area contributed by atoms with Gasteiger partial charge in [-0.05, 0) is 57.2 Å². The minimum atomic E-state index is 0.547. The Morgan fingerprint density at radius 1 is 1.11 bits per heavy atom. The molecule has 0 aromatic heterocycles. The Morgan fingerprint density at radius 3 is 2.42 bits per heavy atom. The Hall–Kier alpha value is -0.0800. The summed E-state index contributed by atoms with van der Waals surface area (Å²) in [6.45, 7) is 15.5. The number of nitrogens with zero attached hydrogens (tertiary/aromatic N) is 1. The van der Waals surface area contributed by atoms with Crippen LogP contribution in [0.15, 0.2) is 0 Å². The van der Waals surface area contributed by atoms with Crippen molar-refractivity contribution in [1.29, 1.82) is 0 Å². The van der Waals surface area contributed by atoms with Gasteiger partial charge in [0.15, 0.2) is 0 Å². The van der Waals surface area contributed by atoms with E-state index in [0.29, 0.717) is 11.5 Å². The Kier molecular flexibility index (Phi) is 7.38. The predicted molar refractivity (Wildman–Crippen MR) is 85.7 cm³/mol. The molecule has 2 nitrogen and oxygen atoms in total. The summed E-state index contributed by atoms with van der Waals surface area (Å²) in [6, 6.07) is 1.41. The van der Waals surface area contributed by atoms with Crippen molar-refractivity contribution in [3.05, 3.63) is 0 Å². The van der Waals surface area contributed by atoms with E-state index in [1.54, 1.807) is 0 Å². The van der Waals surface area contributed by atoms with Gasteiger partial charge in [0, 0.05) is 12.1 Å². The highest BCUT2D eigenvalue weighted by molar-refractivity contribution is 4.86. The standard InChI is InChI=1S/C17H36N2/c1-6-10-15(18-8-3)16(7-2)19-13-9-11-17(4,5)12-14-19/h15-16,18H,6-14H2,1-5H3. The van der Waals surface area contributed by atoms with Crippen molar-refractivity contribution in [3.8, 4) is 0 Å². The smallest absolute Gasteiger partial charge is 0.0246 e. The third-order valence-electron chi connectivity index (χ3n) is 4.79. The summed E-state index contributed by atoms with van der Waals surface area (Å²) in [7, 11) is 0. The summed E-state index contributed by atoms with van der Waals surface area (Å²) in [5.74, 6) is 0. The molecule has 1 saturated heterocycles. The third-order valence-corrected chi connectivity index (χ3v) is 4.79. The minimum Gasteiger partial charge on any atom is -0.313 e. The second-order valence-corrected chi connectivity index (χ2v) is 6.98. The molecule has 1 rings (SSSR count). The number of likely N-dealkylation sites (N-methyl/N-ethyl adjacent to an activating group) is 1. The summed E-state index contributed by atoms with van der Waals surface area (Å²) in [5, 5.41) is 3.73. The lowest BCUT2D eigenvalue weighted by molar-refractivity contribution is 0.147. The van der Waals surface area contributed by atoms with Gasteiger partial charge in [0.25, 0.3) is 0 Å².